The molecule has 1 aromatic rings. The first-order chi connectivity index (χ1) is 19.0. The Morgan fingerprint density at radius 2 is 1.85 bits per heavy atom. The second-order valence-corrected chi connectivity index (χ2v) is 11.4. The molecule has 4 amide bonds. The van der Waals surface area contributed by atoms with Gasteiger partial charge in [-0.3, -0.25) is 15.1 Å². The molecule has 6 aliphatic rings. The number of amides is 4. The smallest absolute Gasteiger partial charge is 0.333 e. The van der Waals surface area contributed by atoms with Gasteiger partial charge in [0.2, 0.25) is 0 Å². The maximum atomic E-state index is 13.7. The van der Waals surface area contributed by atoms with Crippen molar-refractivity contribution in [3.8, 4) is 0 Å². The number of benzene rings is 1. The number of likely N-dealkylation sites (tertiary alicyclic amines) is 3. The zero-order valence-electron chi connectivity index (χ0n) is 22.1. The van der Waals surface area contributed by atoms with Crippen molar-refractivity contribution in [2.75, 3.05) is 64.8 Å². The molecular formula is C27H34N8O4. The van der Waals surface area contributed by atoms with Gasteiger partial charge in [0.05, 0.1) is 35.7 Å². The van der Waals surface area contributed by atoms with Crippen LogP contribution in [0.25, 0.3) is 0 Å². The van der Waals surface area contributed by atoms with E-state index in [-0.39, 0.29) is 23.8 Å². The Kier molecular flexibility index (Phi) is 6.13. The molecule has 3 atom stereocenters. The number of hydrazine groups is 1. The third kappa shape index (κ3) is 4.21. The highest BCUT2D eigenvalue weighted by atomic mass is 16.5. The van der Waals surface area contributed by atoms with Crippen molar-refractivity contribution < 1.29 is 19.1 Å². The van der Waals surface area contributed by atoms with Gasteiger partial charge in [-0.05, 0) is 37.9 Å². The molecule has 0 spiro atoms. The third-order valence-corrected chi connectivity index (χ3v) is 9.12. The number of morpholine rings is 1. The lowest BCUT2D eigenvalue weighted by molar-refractivity contribution is 0.0207. The van der Waals surface area contributed by atoms with E-state index >= 15 is 0 Å². The van der Waals surface area contributed by atoms with Gasteiger partial charge in [-0.2, -0.15) is 10.2 Å². The average Bonchev–Trinajstić information content (AvgIpc) is 3.71. The minimum atomic E-state index is -0.427. The van der Waals surface area contributed by atoms with Crippen LogP contribution in [0.3, 0.4) is 0 Å². The third-order valence-electron chi connectivity index (χ3n) is 9.12. The van der Waals surface area contributed by atoms with Crippen LogP contribution in [-0.2, 0) is 4.74 Å². The summed E-state index contributed by atoms with van der Waals surface area (Å²) in [6.45, 7) is 5.43. The van der Waals surface area contributed by atoms with Crippen LogP contribution in [0.2, 0.25) is 0 Å². The molecular weight excluding hydrogens is 500 g/mol. The molecule has 5 aliphatic heterocycles. The van der Waals surface area contributed by atoms with Gasteiger partial charge in [0.15, 0.2) is 5.78 Å². The number of anilines is 1. The summed E-state index contributed by atoms with van der Waals surface area (Å²) in [5.41, 5.74) is 5.95. The molecule has 39 heavy (non-hydrogen) atoms. The Bertz CT molecular complexity index is 1260. The van der Waals surface area contributed by atoms with Gasteiger partial charge in [-0.1, -0.05) is 12.1 Å². The van der Waals surface area contributed by atoms with Crippen molar-refractivity contribution in [3.05, 3.63) is 40.6 Å². The molecule has 1 aromatic carbocycles. The Balaban J connectivity index is 1.03. The highest BCUT2D eigenvalue weighted by Crippen LogP contribution is 2.49. The van der Waals surface area contributed by atoms with Crippen molar-refractivity contribution in [3.63, 3.8) is 0 Å². The van der Waals surface area contributed by atoms with Crippen molar-refractivity contribution in [2.24, 2.45) is 16.1 Å². The van der Waals surface area contributed by atoms with E-state index in [2.05, 4.69) is 37.8 Å². The number of urea groups is 2. The van der Waals surface area contributed by atoms with Crippen molar-refractivity contribution in [1.29, 1.82) is 0 Å². The average molecular weight is 535 g/mol. The van der Waals surface area contributed by atoms with Gasteiger partial charge in [-0.25, -0.2) is 14.6 Å². The van der Waals surface area contributed by atoms with Crippen molar-refractivity contribution in [2.45, 2.75) is 37.4 Å². The summed E-state index contributed by atoms with van der Waals surface area (Å²) in [7, 11) is 2.14. The highest BCUT2D eigenvalue weighted by molar-refractivity contribution is 6.19. The van der Waals surface area contributed by atoms with E-state index in [1.54, 1.807) is 11.1 Å². The number of Topliss-reactive ketones (excluding diaryl/α,β-unsaturated/α-hetero) is 1. The Labute approximate surface area is 227 Å². The lowest BCUT2D eigenvalue weighted by atomic mass is 9.89. The summed E-state index contributed by atoms with van der Waals surface area (Å²) >= 11 is 0. The molecule has 2 bridgehead atoms. The van der Waals surface area contributed by atoms with Crippen LogP contribution < -0.4 is 10.7 Å². The molecule has 1 unspecified atom stereocenters. The zero-order valence-corrected chi connectivity index (χ0v) is 22.1. The maximum absolute atomic E-state index is 13.7. The number of azo groups is 1. The molecule has 2 N–H and O–H groups in total. The summed E-state index contributed by atoms with van der Waals surface area (Å²) in [4.78, 5) is 46.0. The predicted molar refractivity (Wildman–Crippen MR) is 141 cm³/mol. The highest BCUT2D eigenvalue weighted by Gasteiger charge is 2.47. The molecule has 4 fully saturated rings. The summed E-state index contributed by atoms with van der Waals surface area (Å²) in [6, 6.07) is 5.62. The normalized spacial score (nSPS) is 28.8. The standard InChI is InChI=1S/C27H34N8O4/c1-32-14-18-13-17(32)15-35(18)27(38)33-7-5-16(6-8-33)23-22-24(30-29-23)19-3-2-4-20(21(19)25(22)36)28-26(37)31-34-9-11-39-12-10-34/h2-4,16-18,24H,5-15H2,1H3,(H2,28,31,37)/t17-,18-,24?/m0/s1. The van der Waals surface area contributed by atoms with Crippen LogP contribution in [-0.4, -0.2) is 109 Å². The summed E-state index contributed by atoms with van der Waals surface area (Å²) in [5.74, 6) is -0.0359. The van der Waals surface area contributed by atoms with Crippen LogP contribution in [0.4, 0.5) is 15.3 Å². The molecule has 7 rings (SSSR count). The van der Waals surface area contributed by atoms with Gasteiger partial charge >= 0.3 is 12.1 Å². The number of rotatable bonds is 3. The number of allylic oxidation sites excluding steroid dienone is 1. The molecule has 4 saturated heterocycles. The Morgan fingerprint density at radius 1 is 1.05 bits per heavy atom. The fourth-order valence-corrected chi connectivity index (χ4v) is 7.02. The number of fused-ring (bicyclic) bond motifs is 5. The number of hydrogen-bond donors (Lipinski definition) is 2. The zero-order chi connectivity index (χ0) is 26.7. The van der Waals surface area contributed by atoms with E-state index in [4.69, 9.17) is 4.74 Å². The second kappa shape index (κ2) is 9.68. The van der Waals surface area contributed by atoms with E-state index in [0.717, 1.165) is 43.6 Å². The largest absolute Gasteiger partial charge is 0.379 e. The first kappa shape index (κ1) is 24.7. The van der Waals surface area contributed by atoms with E-state index in [1.165, 1.54) is 0 Å². The number of carbonyl (C=O) groups is 3. The maximum Gasteiger partial charge on any atom is 0.333 e. The fourth-order valence-electron chi connectivity index (χ4n) is 7.02. The van der Waals surface area contributed by atoms with E-state index in [9.17, 15) is 14.4 Å². The summed E-state index contributed by atoms with van der Waals surface area (Å²) < 4.78 is 5.33. The summed E-state index contributed by atoms with van der Waals surface area (Å²) in [6.07, 6.45) is 2.59. The van der Waals surface area contributed by atoms with Crippen molar-refractivity contribution in [1.82, 2.24) is 25.1 Å². The fraction of sp³-hybridized carbons (Fsp3) is 0.593. The van der Waals surface area contributed by atoms with Crippen LogP contribution >= 0.6 is 0 Å². The van der Waals surface area contributed by atoms with E-state index < -0.39 is 6.04 Å². The Hall–Kier alpha value is -3.35. The minimum absolute atomic E-state index is 0.0817. The number of piperazine rings is 1. The predicted octanol–water partition coefficient (Wildman–Crippen LogP) is 2.23. The molecule has 1 aliphatic carbocycles. The lowest BCUT2D eigenvalue weighted by Gasteiger charge is -2.38. The Morgan fingerprint density at radius 3 is 2.56 bits per heavy atom. The molecule has 206 valence electrons. The molecule has 5 heterocycles. The molecule has 0 radical (unpaired) electrons. The molecule has 0 aromatic heterocycles. The second-order valence-electron chi connectivity index (χ2n) is 11.4. The number of likely N-dealkylation sites (N-methyl/N-ethyl adjacent to an activating group) is 1. The van der Waals surface area contributed by atoms with Gasteiger partial charge < -0.3 is 19.9 Å². The molecule has 0 saturated carbocycles. The number of nitrogens with one attached hydrogen (secondary N) is 2. The lowest BCUT2D eigenvalue weighted by Crippen LogP contribution is -2.53. The first-order valence-electron chi connectivity index (χ1n) is 14.0. The number of ether oxygens (including phenoxy) is 1. The van der Waals surface area contributed by atoms with Gasteiger partial charge in [0.25, 0.3) is 0 Å². The number of hydrogen-bond acceptors (Lipinski definition) is 8. The minimum Gasteiger partial charge on any atom is -0.379 e. The number of ketones is 1. The van der Waals surface area contributed by atoms with Crippen LogP contribution in [0.1, 0.15) is 41.2 Å². The first-order valence-corrected chi connectivity index (χ1v) is 14.0. The molecule has 12 heteroatoms. The number of carbonyl (C=O) groups excluding carboxylic acids is 3. The van der Waals surface area contributed by atoms with Gasteiger partial charge in [0.1, 0.15) is 6.04 Å². The topological polar surface area (TPSA) is 122 Å². The van der Waals surface area contributed by atoms with Crippen LogP contribution in [0.15, 0.2) is 39.7 Å². The van der Waals surface area contributed by atoms with Crippen LogP contribution in [0, 0.1) is 5.92 Å². The van der Waals surface area contributed by atoms with Gasteiger partial charge in [0, 0.05) is 57.3 Å². The quantitative estimate of drug-likeness (QED) is 0.613. The SMILES string of the molecule is CN1C[C@@H]2C[C@H]1CN2C(=O)N1CCC(C2=C3C(=O)c4c(NC(=O)NN5CCOCC5)cccc4C3N=N2)CC1. The van der Waals surface area contributed by atoms with E-state index in [1.807, 2.05) is 17.0 Å². The summed E-state index contributed by atoms with van der Waals surface area (Å²) in [5, 5.41) is 13.7. The monoisotopic (exact) mass is 534 g/mol. The van der Waals surface area contributed by atoms with Gasteiger partial charge in [-0.15, -0.1) is 0 Å². The number of piperidine rings is 1. The van der Waals surface area contributed by atoms with E-state index in [0.29, 0.717) is 68.3 Å². The van der Waals surface area contributed by atoms with Crippen LogP contribution in [0.5, 0.6) is 0 Å². The molecule has 12 nitrogen and oxygen atoms in total. The number of nitrogens with zero attached hydrogens (tertiary/aromatic N) is 6. The van der Waals surface area contributed by atoms with Crippen molar-refractivity contribution >= 4 is 23.5 Å².